The molecule has 1 aromatic rings. The van der Waals surface area contributed by atoms with Crippen molar-refractivity contribution in [2.24, 2.45) is 0 Å². The summed E-state index contributed by atoms with van der Waals surface area (Å²) in [5.41, 5.74) is 6.27. The lowest BCUT2D eigenvalue weighted by Gasteiger charge is -2.25. The van der Waals surface area contributed by atoms with Gasteiger partial charge in [0.2, 0.25) is 0 Å². The lowest BCUT2D eigenvalue weighted by atomic mass is 9.42. The highest BCUT2D eigenvalue weighted by Crippen LogP contribution is 2.26. The summed E-state index contributed by atoms with van der Waals surface area (Å²) in [7, 11) is 0. The first-order valence-corrected chi connectivity index (χ1v) is 7.97. The van der Waals surface area contributed by atoms with Gasteiger partial charge in [0.15, 0.2) is 6.71 Å². The maximum atomic E-state index is 2.46. The molecule has 0 N–H and O–H groups in total. The Balaban J connectivity index is 3.55. The summed E-state index contributed by atoms with van der Waals surface area (Å²) in [4.78, 5) is 0. The van der Waals surface area contributed by atoms with Crippen LogP contribution in [-0.4, -0.2) is 6.71 Å². The van der Waals surface area contributed by atoms with E-state index in [4.69, 9.17) is 0 Å². The van der Waals surface area contributed by atoms with Crippen LogP contribution in [-0.2, 0) is 0 Å². The molecule has 106 valence electrons. The van der Waals surface area contributed by atoms with E-state index in [2.05, 4.69) is 67.4 Å². The molecule has 0 nitrogen and oxygen atoms in total. The van der Waals surface area contributed by atoms with Gasteiger partial charge in [0, 0.05) is 0 Å². The molecule has 1 heteroatoms. The van der Waals surface area contributed by atoms with E-state index in [0.29, 0.717) is 24.5 Å². The summed E-state index contributed by atoms with van der Waals surface area (Å²) in [6.45, 7) is 19.3. The predicted molar refractivity (Wildman–Crippen MR) is 90.4 cm³/mol. The van der Waals surface area contributed by atoms with Crippen molar-refractivity contribution in [2.75, 3.05) is 0 Å². The third kappa shape index (κ3) is 3.65. The van der Waals surface area contributed by atoms with Crippen LogP contribution in [0.1, 0.15) is 82.9 Å². The van der Waals surface area contributed by atoms with Crippen molar-refractivity contribution >= 4 is 12.2 Å². The molecule has 0 spiro atoms. The highest BCUT2D eigenvalue weighted by atomic mass is 14.2. The van der Waals surface area contributed by atoms with E-state index < -0.39 is 0 Å². The fourth-order valence-corrected chi connectivity index (χ4v) is 2.78. The highest BCUT2D eigenvalue weighted by Gasteiger charge is 2.21. The SMILES string of the molecule is CCB(C)c1c(C(C)C)cc(C(C)C)cc1C(C)C. The number of hydrogen-bond donors (Lipinski definition) is 0. The standard InChI is InChI=1S/C18H31B/c1-9-19(8)18-16(13(4)5)10-15(12(2)3)11-17(18)14(6)7/h10-14H,9H2,1-8H3. The molecular weight excluding hydrogens is 227 g/mol. The predicted octanol–water partition coefficient (Wildman–Crippen LogP) is 5.41. The monoisotopic (exact) mass is 258 g/mol. The van der Waals surface area contributed by atoms with Gasteiger partial charge in [-0.05, 0) is 23.3 Å². The summed E-state index contributed by atoms with van der Waals surface area (Å²) in [6.07, 6.45) is 1.22. The van der Waals surface area contributed by atoms with E-state index in [1.165, 1.54) is 11.9 Å². The van der Waals surface area contributed by atoms with Crippen molar-refractivity contribution < 1.29 is 0 Å². The van der Waals surface area contributed by atoms with Crippen molar-refractivity contribution in [3.05, 3.63) is 28.8 Å². The van der Waals surface area contributed by atoms with Crippen LogP contribution in [0.15, 0.2) is 12.1 Å². The van der Waals surface area contributed by atoms with E-state index in [1.54, 1.807) is 16.6 Å². The van der Waals surface area contributed by atoms with Crippen LogP contribution in [0.25, 0.3) is 0 Å². The first-order chi connectivity index (χ1) is 8.79. The normalized spacial score (nSPS) is 11.7. The molecule has 1 aromatic carbocycles. The fourth-order valence-electron chi connectivity index (χ4n) is 2.78. The molecule has 1 rings (SSSR count). The molecule has 0 atom stereocenters. The van der Waals surface area contributed by atoms with Gasteiger partial charge >= 0.3 is 0 Å². The van der Waals surface area contributed by atoms with Crippen molar-refractivity contribution in [1.82, 2.24) is 0 Å². The molecule has 0 aliphatic carbocycles. The maximum Gasteiger partial charge on any atom is 0.173 e. The van der Waals surface area contributed by atoms with Gasteiger partial charge < -0.3 is 0 Å². The first kappa shape index (κ1) is 16.3. The smallest absolute Gasteiger partial charge is 0.0817 e. The van der Waals surface area contributed by atoms with E-state index in [1.807, 2.05) is 0 Å². The van der Waals surface area contributed by atoms with Gasteiger partial charge in [-0.2, -0.15) is 0 Å². The van der Waals surface area contributed by atoms with Crippen LogP contribution in [0.4, 0.5) is 0 Å². The fraction of sp³-hybridized carbons (Fsp3) is 0.667. The molecule has 0 aromatic heterocycles. The minimum Gasteiger partial charge on any atom is -0.0817 e. The molecule has 0 amide bonds. The first-order valence-electron chi connectivity index (χ1n) is 7.97. The van der Waals surface area contributed by atoms with Gasteiger partial charge in [-0.3, -0.25) is 0 Å². The quantitative estimate of drug-likeness (QED) is 0.619. The minimum atomic E-state index is 0.611. The Morgan fingerprint density at radius 3 is 1.53 bits per heavy atom. The van der Waals surface area contributed by atoms with Gasteiger partial charge in [-0.25, -0.2) is 0 Å². The molecule has 0 saturated heterocycles. The van der Waals surface area contributed by atoms with Crippen LogP contribution in [0, 0.1) is 0 Å². The molecule has 0 aliphatic heterocycles. The van der Waals surface area contributed by atoms with Gasteiger partial charge in [0.05, 0.1) is 0 Å². The van der Waals surface area contributed by atoms with E-state index in [-0.39, 0.29) is 0 Å². The van der Waals surface area contributed by atoms with Gasteiger partial charge in [-0.1, -0.05) is 90.3 Å². The molecule has 0 saturated carbocycles. The molecule has 0 unspecified atom stereocenters. The van der Waals surface area contributed by atoms with Crippen LogP contribution in [0.5, 0.6) is 0 Å². The third-order valence-electron chi connectivity index (χ3n) is 4.28. The Kier molecular flexibility index (Phi) is 5.71. The van der Waals surface area contributed by atoms with Crippen molar-refractivity contribution in [2.45, 2.75) is 79.4 Å². The lowest BCUT2D eigenvalue weighted by Crippen LogP contribution is -2.34. The Bertz CT molecular complexity index is 387. The minimum absolute atomic E-state index is 0.611. The average molecular weight is 258 g/mol. The third-order valence-corrected chi connectivity index (χ3v) is 4.28. The second kappa shape index (κ2) is 6.63. The van der Waals surface area contributed by atoms with Gasteiger partial charge in [0.1, 0.15) is 0 Å². The zero-order valence-corrected chi connectivity index (χ0v) is 14.2. The summed E-state index contributed by atoms with van der Waals surface area (Å²) in [5, 5.41) is 0. The number of benzene rings is 1. The summed E-state index contributed by atoms with van der Waals surface area (Å²) in [5.74, 6) is 1.83. The molecule has 0 heterocycles. The van der Waals surface area contributed by atoms with Crippen LogP contribution in [0.2, 0.25) is 13.1 Å². The van der Waals surface area contributed by atoms with Crippen LogP contribution >= 0.6 is 0 Å². The Labute approximate surface area is 121 Å². The molecule has 0 bridgehead atoms. The Morgan fingerprint density at radius 1 is 0.842 bits per heavy atom. The molecule has 0 fully saturated rings. The van der Waals surface area contributed by atoms with Gasteiger partial charge in [-0.15, -0.1) is 0 Å². The molecule has 0 aliphatic rings. The van der Waals surface area contributed by atoms with E-state index in [9.17, 15) is 0 Å². The summed E-state index contributed by atoms with van der Waals surface area (Å²) in [6, 6.07) is 4.92. The Morgan fingerprint density at radius 2 is 1.26 bits per heavy atom. The molecule has 0 radical (unpaired) electrons. The second-order valence-electron chi connectivity index (χ2n) is 6.89. The number of hydrogen-bond acceptors (Lipinski definition) is 0. The molecular formula is C18H31B. The van der Waals surface area contributed by atoms with Crippen molar-refractivity contribution in [1.29, 1.82) is 0 Å². The topological polar surface area (TPSA) is 0 Å². The van der Waals surface area contributed by atoms with Crippen molar-refractivity contribution in [3.8, 4) is 0 Å². The van der Waals surface area contributed by atoms with Crippen LogP contribution in [0.3, 0.4) is 0 Å². The zero-order valence-electron chi connectivity index (χ0n) is 14.2. The largest absolute Gasteiger partial charge is 0.173 e. The summed E-state index contributed by atoms with van der Waals surface area (Å²) >= 11 is 0. The van der Waals surface area contributed by atoms with E-state index >= 15 is 0 Å². The number of rotatable bonds is 5. The van der Waals surface area contributed by atoms with Crippen molar-refractivity contribution in [3.63, 3.8) is 0 Å². The van der Waals surface area contributed by atoms with Crippen LogP contribution < -0.4 is 5.46 Å². The highest BCUT2D eigenvalue weighted by molar-refractivity contribution is 6.72. The van der Waals surface area contributed by atoms with E-state index in [0.717, 1.165) is 0 Å². The van der Waals surface area contributed by atoms with Gasteiger partial charge in [0.25, 0.3) is 0 Å². The zero-order chi connectivity index (χ0) is 14.7. The summed E-state index contributed by atoms with van der Waals surface area (Å²) < 4.78 is 0. The Hall–Kier alpha value is -0.715. The lowest BCUT2D eigenvalue weighted by molar-refractivity contribution is 0.812. The maximum absolute atomic E-state index is 2.46. The second-order valence-corrected chi connectivity index (χ2v) is 6.89. The molecule has 19 heavy (non-hydrogen) atoms. The average Bonchev–Trinajstić information content (AvgIpc) is 2.35.